The second kappa shape index (κ2) is 4.80. The van der Waals surface area contributed by atoms with Crippen LogP contribution in [0.25, 0.3) is 0 Å². The molecule has 2 rings (SSSR count). The number of hydrogen-bond acceptors (Lipinski definition) is 4. The summed E-state index contributed by atoms with van der Waals surface area (Å²) in [5, 5.41) is 6.48. The lowest BCUT2D eigenvalue weighted by Gasteiger charge is -2.13. The number of furan rings is 1. The van der Waals surface area contributed by atoms with E-state index in [0.29, 0.717) is 0 Å². The minimum atomic E-state index is 0.281. The maximum atomic E-state index is 5.56. The van der Waals surface area contributed by atoms with E-state index in [1.54, 1.807) is 11.3 Å². The summed E-state index contributed by atoms with van der Waals surface area (Å²) >= 11 is 1.69. The Morgan fingerprint density at radius 2 is 2.31 bits per heavy atom. The third kappa shape index (κ3) is 2.33. The number of nitrogens with one attached hydrogen (secondary N) is 1. The van der Waals surface area contributed by atoms with Crippen LogP contribution in [0.3, 0.4) is 0 Å². The molecule has 2 aromatic heterocycles. The molecule has 1 N–H and O–H groups in total. The molecule has 1 unspecified atom stereocenters. The van der Waals surface area contributed by atoms with Gasteiger partial charge >= 0.3 is 0 Å². The van der Waals surface area contributed by atoms with E-state index in [-0.39, 0.29) is 6.04 Å². The van der Waals surface area contributed by atoms with Gasteiger partial charge in [-0.15, -0.1) is 11.3 Å². The molecule has 0 amide bonds. The molecule has 0 bridgehead atoms. The first-order chi connectivity index (χ1) is 7.70. The first kappa shape index (κ1) is 11.4. The van der Waals surface area contributed by atoms with Crippen molar-refractivity contribution in [3.05, 3.63) is 39.7 Å². The predicted octanol–water partition coefficient (Wildman–Crippen LogP) is 2.86. The van der Waals surface area contributed by atoms with Crippen molar-refractivity contribution in [1.29, 1.82) is 0 Å². The SMILES string of the molecule is CNC(Cc1nccs1)c1cc(C)oc1C. The summed E-state index contributed by atoms with van der Waals surface area (Å²) in [7, 11) is 1.97. The summed E-state index contributed by atoms with van der Waals surface area (Å²) in [6.07, 6.45) is 2.76. The fourth-order valence-electron chi connectivity index (χ4n) is 1.89. The monoisotopic (exact) mass is 236 g/mol. The van der Waals surface area contributed by atoms with Gasteiger partial charge in [0.25, 0.3) is 0 Å². The van der Waals surface area contributed by atoms with Crippen LogP contribution in [0.5, 0.6) is 0 Å². The summed E-state index contributed by atoms with van der Waals surface area (Å²) in [4.78, 5) is 4.31. The maximum absolute atomic E-state index is 5.56. The summed E-state index contributed by atoms with van der Waals surface area (Å²) in [6, 6.07) is 2.38. The van der Waals surface area contributed by atoms with Crippen molar-refractivity contribution in [2.24, 2.45) is 0 Å². The van der Waals surface area contributed by atoms with Gasteiger partial charge in [0.15, 0.2) is 0 Å². The Hall–Kier alpha value is -1.13. The van der Waals surface area contributed by atoms with Crippen molar-refractivity contribution in [2.45, 2.75) is 26.3 Å². The lowest BCUT2D eigenvalue weighted by Crippen LogP contribution is -2.18. The molecular formula is C12H16N2OS. The Morgan fingerprint density at radius 1 is 1.50 bits per heavy atom. The zero-order valence-electron chi connectivity index (χ0n) is 9.78. The standard InChI is InChI=1S/C12H16N2OS/c1-8-6-10(9(2)15-8)11(13-3)7-12-14-4-5-16-12/h4-6,11,13H,7H2,1-3H3. The Morgan fingerprint density at radius 3 is 2.81 bits per heavy atom. The van der Waals surface area contributed by atoms with E-state index in [1.807, 2.05) is 32.5 Å². The first-order valence-electron chi connectivity index (χ1n) is 5.33. The molecule has 0 aliphatic heterocycles. The van der Waals surface area contributed by atoms with E-state index < -0.39 is 0 Å². The van der Waals surface area contributed by atoms with Crippen molar-refractivity contribution < 1.29 is 4.42 Å². The average molecular weight is 236 g/mol. The molecule has 0 saturated heterocycles. The summed E-state index contributed by atoms with van der Waals surface area (Å²) in [5.41, 5.74) is 1.23. The Balaban J connectivity index is 2.19. The smallest absolute Gasteiger partial charge is 0.105 e. The molecule has 0 spiro atoms. The van der Waals surface area contributed by atoms with E-state index in [2.05, 4.69) is 16.4 Å². The van der Waals surface area contributed by atoms with E-state index in [0.717, 1.165) is 22.9 Å². The van der Waals surface area contributed by atoms with Crippen LogP contribution in [0.15, 0.2) is 22.1 Å². The number of hydrogen-bond donors (Lipinski definition) is 1. The topological polar surface area (TPSA) is 38.1 Å². The summed E-state index contributed by atoms with van der Waals surface area (Å²) in [6.45, 7) is 3.99. The zero-order chi connectivity index (χ0) is 11.5. The Bertz CT molecular complexity index is 448. The average Bonchev–Trinajstić information content (AvgIpc) is 2.85. The second-order valence-corrected chi connectivity index (χ2v) is 4.82. The minimum absolute atomic E-state index is 0.281. The highest BCUT2D eigenvalue weighted by molar-refractivity contribution is 7.09. The van der Waals surface area contributed by atoms with Crippen molar-refractivity contribution in [2.75, 3.05) is 7.05 Å². The number of rotatable bonds is 4. The van der Waals surface area contributed by atoms with Gasteiger partial charge in [-0.1, -0.05) is 0 Å². The molecule has 3 nitrogen and oxygen atoms in total. The second-order valence-electron chi connectivity index (χ2n) is 3.84. The van der Waals surface area contributed by atoms with E-state index in [4.69, 9.17) is 4.42 Å². The van der Waals surface area contributed by atoms with Gasteiger partial charge < -0.3 is 9.73 Å². The number of likely N-dealkylation sites (N-methyl/N-ethyl adjacent to an activating group) is 1. The highest BCUT2D eigenvalue weighted by Gasteiger charge is 2.16. The quantitative estimate of drug-likeness (QED) is 0.887. The van der Waals surface area contributed by atoms with Gasteiger partial charge in [-0.2, -0.15) is 0 Å². The lowest BCUT2D eigenvalue weighted by molar-refractivity contribution is 0.490. The van der Waals surface area contributed by atoms with Crippen molar-refractivity contribution in [1.82, 2.24) is 10.3 Å². The molecule has 1 atom stereocenters. The zero-order valence-corrected chi connectivity index (χ0v) is 10.6. The van der Waals surface area contributed by atoms with Gasteiger partial charge in [-0.3, -0.25) is 0 Å². The molecule has 86 valence electrons. The van der Waals surface area contributed by atoms with Gasteiger partial charge in [0.1, 0.15) is 11.5 Å². The third-order valence-corrected chi connectivity index (χ3v) is 3.47. The van der Waals surface area contributed by atoms with Gasteiger partial charge in [-0.05, 0) is 27.0 Å². The molecule has 16 heavy (non-hydrogen) atoms. The fraction of sp³-hybridized carbons (Fsp3) is 0.417. The van der Waals surface area contributed by atoms with Crippen LogP contribution < -0.4 is 5.32 Å². The van der Waals surface area contributed by atoms with Crippen LogP contribution in [0.2, 0.25) is 0 Å². The normalized spacial score (nSPS) is 12.9. The molecule has 0 aliphatic carbocycles. The van der Waals surface area contributed by atoms with Crippen LogP contribution in [0.4, 0.5) is 0 Å². The fourth-order valence-corrected chi connectivity index (χ4v) is 2.56. The molecule has 2 heterocycles. The molecular weight excluding hydrogens is 220 g/mol. The minimum Gasteiger partial charge on any atom is -0.466 e. The van der Waals surface area contributed by atoms with Crippen molar-refractivity contribution in [3.63, 3.8) is 0 Å². The van der Waals surface area contributed by atoms with Crippen LogP contribution in [-0.2, 0) is 6.42 Å². The van der Waals surface area contributed by atoms with E-state index in [1.165, 1.54) is 5.56 Å². The lowest BCUT2D eigenvalue weighted by atomic mass is 10.1. The van der Waals surface area contributed by atoms with Crippen LogP contribution in [0.1, 0.15) is 28.1 Å². The van der Waals surface area contributed by atoms with E-state index >= 15 is 0 Å². The molecule has 0 fully saturated rings. The van der Waals surface area contributed by atoms with Crippen LogP contribution in [-0.4, -0.2) is 12.0 Å². The van der Waals surface area contributed by atoms with Gasteiger partial charge in [0, 0.05) is 29.6 Å². The van der Waals surface area contributed by atoms with Crippen molar-refractivity contribution in [3.8, 4) is 0 Å². The molecule has 0 aromatic carbocycles. The Labute approximate surface area is 99.5 Å². The third-order valence-electron chi connectivity index (χ3n) is 2.67. The van der Waals surface area contributed by atoms with Gasteiger partial charge in [0.05, 0.1) is 5.01 Å². The highest BCUT2D eigenvalue weighted by atomic mass is 32.1. The van der Waals surface area contributed by atoms with Crippen LogP contribution in [0, 0.1) is 13.8 Å². The van der Waals surface area contributed by atoms with Gasteiger partial charge in [0.2, 0.25) is 0 Å². The molecule has 2 aromatic rings. The molecule has 4 heteroatoms. The molecule has 0 saturated carbocycles. The maximum Gasteiger partial charge on any atom is 0.105 e. The number of nitrogens with zero attached hydrogens (tertiary/aromatic N) is 1. The van der Waals surface area contributed by atoms with Crippen LogP contribution >= 0.6 is 11.3 Å². The number of aromatic nitrogens is 1. The van der Waals surface area contributed by atoms with Crippen molar-refractivity contribution >= 4 is 11.3 Å². The summed E-state index contributed by atoms with van der Waals surface area (Å²) in [5.74, 6) is 1.96. The molecule has 0 aliphatic rings. The molecule has 0 radical (unpaired) electrons. The Kier molecular flexibility index (Phi) is 3.41. The summed E-state index contributed by atoms with van der Waals surface area (Å²) < 4.78 is 5.56. The predicted molar refractivity (Wildman–Crippen MR) is 65.8 cm³/mol. The largest absolute Gasteiger partial charge is 0.466 e. The highest BCUT2D eigenvalue weighted by Crippen LogP contribution is 2.25. The first-order valence-corrected chi connectivity index (χ1v) is 6.21. The van der Waals surface area contributed by atoms with E-state index in [9.17, 15) is 0 Å². The number of thiazole rings is 1. The number of aryl methyl sites for hydroxylation is 2. The van der Waals surface area contributed by atoms with Gasteiger partial charge in [-0.25, -0.2) is 4.98 Å².